The van der Waals surface area contributed by atoms with E-state index in [1.165, 1.54) is 0 Å². The van der Waals surface area contributed by atoms with Crippen molar-refractivity contribution in [1.82, 2.24) is 10.2 Å². The number of hydrogen-bond donors (Lipinski definition) is 1. The third-order valence-electron chi connectivity index (χ3n) is 4.08. The highest BCUT2D eigenvalue weighted by atomic mass is 16.6. The maximum Gasteiger partial charge on any atom is 0.410 e. The van der Waals surface area contributed by atoms with Gasteiger partial charge in [-0.2, -0.15) is 0 Å². The molecular formula is C16H30N2O3. The second-order valence-corrected chi connectivity index (χ2v) is 7.27. The highest BCUT2D eigenvalue weighted by Gasteiger charge is 2.32. The van der Waals surface area contributed by atoms with E-state index in [1.807, 2.05) is 25.7 Å². The van der Waals surface area contributed by atoms with E-state index < -0.39 is 5.60 Å². The molecule has 5 nitrogen and oxygen atoms in total. The van der Waals surface area contributed by atoms with Crippen LogP contribution in [-0.2, 0) is 9.47 Å². The first-order valence-corrected chi connectivity index (χ1v) is 8.21. The van der Waals surface area contributed by atoms with Gasteiger partial charge in [-0.15, -0.1) is 0 Å². The van der Waals surface area contributed by atoms with Crippen molar-refractivity contribution in [2.24, 2.45) is 0 Å². The van der Waals surface area contributed by atoms with E-state index in [4.69, 9.17) is 9.47 Å². The highest BCUT2D eigenvalue weighted by molar-refractivity contribution is 5.69. The summed E-state index contributed by atoms with van der Waals surface area (Å²) in [7, 11) is 0. The molecule has 0 spiro atoms. The molecule has 0 aromatic rings. The quantitative estimate of drug-likeness (QED) is 0.866. The van der Waals surface area contributed by atoms with Crippen molar-refractivity contribution in [3.63, 3.8) is 0 Å². The van der Waals surface area contributed by atoms with Crippen LogP contribution in [0.3, 0.4) is 0 Å². The Bertz CT molecular complexity index is 354. The standard InChI is InChI=1S/C16H30N2O3/c1-12-7-8-14(20-12)11-17-10-13-6-5-9-18(13)15(19)21-16(2,3)4/h12-14,17H,5-11H2,1-4H3. The number of likely N-dealkylation sites (tertiary alicyclic amines) is 1. The molecule has 2 saturated heterocycles. The second kappa shape index (κ2) is 6.97. The zero-order valence-corrected chi connectivity index (χ0v) is 13.9. The predicted molar refractivity (Wildman–Crippen MR) is 82.4 cm³/mol. The lowest BCUT2D eigenvalue weighted by molar-refractivity contribution is 0.0220. The van der Waals surface area contributed by atoms with Gasteiger partial charge < -0.3 is 19.7 Å². The summed E-state index contributed by atoms with van der Waals surface area (Å²) in [6, 6.07) is 0.249. The monoisotopic (exact) mass is 298 g/mol. The van der Waals surface area contributed by atoms with E-state index in [2.05, 4.69) is 12.2 Å². The average molecular weight is 298 g/mol. The Hall–Kier alpha value is -0.810. The maximum atomic E-state index is 12.2. The molecule has 1 N–H and O–H groups in total. The lowest BCUT2D eigenvalue weighted by Crippen LogP contribution is -2.45. The minimum atomic E-state index is -0.425. The molecule has 0 bridgehead atoms. The Labute approximate surface area is 128 Å². The summed E-state index contributed by atoms with van der Waals surface area (Å²) in [5.74, 6) is 0. The van der Waals surface area contributed by atoms with Crippen LogP contribution < -0.4 is 5.32 Å². The number of nitrogens with zero attached hydrogens (tertiary/aromatic N) is 1. The van der Waals surface area contributed by atoms with Crippen molar-refractivity contribution in [2.75, 3.05) is 19.6 Å². The van der Waals surface area contributed by atoms with Crippen LogP contribution in [0, 0.1) is 0 Å². The maximum absolute atomic E-state index is 12.2. The number of rotatable bonds is 4. The predicted octanol–water partition coefficient (Wildman–Crippen LogP) is 2.54. The van der Waals surface area contributed by atoms with E-state index in [-0.39, 0.29) is 12.1 Å². The molecule has 2 aliphatic heterocycles. The molecule has 0 radical (unpaired) electrons. The van der Waals surface area contributed by atoms with E-state index in [0.29, 0.717) is 12.2 Å². The fourth-order valence-electron chi connectivity index (χ4n) is 3.06. The Morgan fingerprint density at radius 3 is 2.67 bits per heavy atom. The molecule has 1 amide bonds. The van der Waals surface area contributed by atoms with Crippen LogP contribution in [0.4, 0.5) is 4.79 Å². The van der Waals surface area contributed by atoms with Gasteiger partial charge in [-0.3, -0.25) is 0 Å². The summed E-state index contributed by atoms with van der Waals surface area (Å²) in [6.45, 7) is 10.4. The van der Waals surface area contributed by atoms with Gasteiger partial charge in [0.25, 0.3) is 0 Å². The van der Waals surface area contributed by atoms with Crippen LogP contribution in [0.15, 0.2) is 0 Å². The summed E-state index contributed by atoms with van der Waals surface area (Å²) >= 11 is 0. The van der Waals surface area contributed by atoms with Crippen molar-refractivity contribution in [3.05, 3.63) is 0 Å². The number of hydrogen-bond acceptors (Lipinski definition) is 4. The summed E-state index contributed by atoms with van der Waals surface area (Å²) in [6.07, 6.45) is 4.93. The summed E-state index contributed by atoms with van der Waals surface area (Å²) < 4.78 is 11.3. The van der Waals surface area contributed by atoms with Crippen molar-refractivity contribution in [3.8, 4) is 0 Å². The van der Waals surface area contributed by atoms with Crippen molar-refractivity contribution < 1.29 is 14.3 Å². The molecule has 0 aliphatic carbocycles. The molecule has 2 rings (SSSR count). The molecule has 2 heterocycles. The lowest BCUT2D eigenvalue weighted by Gasteiger charge is -2.29. The van der Waals surface area contributed by atoms with Gasteiger partial charge in [0, 0.05) is 25.7 Å². The number of carbonyl (C=O) groups is 1. The third kappa shape index (κ3) is 5.15. The van der Waals surface area contributed by atoms with Crippen molar-refractivity contribution in [1.29, 1.82) is 0 Å². The van der Waals surface area contributed by atoms with Gasteiger partial charge in [0.2, 0.25) is 0 Å². The normalized spacial score (nSPS) is 29.9. The summed E-state index contributed by atoms with van der Waals surface area (Å²) in [5.41, 5.74) is -0.425. The minimum Gasteiger partial charge on any atom is -0.444 e. The topological polar surface area (TPSA) is 50.8 Å². The minimum absolute atomic E-state index is 0.183. The van der Waals surface area contributed by atoms with E-state index in [9.17, 15) is 4.79 Å². The molecule has 0 aromatic carbocycles. The largest absolute Gasteiger partial charge is 0.444 e. The first kappa shape index (κ1) is 16.6. The van der Waals surface area contributed by atoms with Crippen molar-refractivity contribution in [2.45, 2.75) is 77.2 Å². The van der Waals surface area contributed by atoms with Crippen LogP contribution >= 0.6 is 0 Å². The molecule has 3 atom stereocenters. The molecule has 3 unspecified atom stereocenters. The molecule has 2 fully saturated rings. The van der Waals surface area contributed by atoms with Crippen LogP contribution in [-0.4, -0.2) is 54.5 Å². The number of carbonyl (C=O) groups excluding carboxylic acids is 1. The van der Waals surface area contributed by atoms with Gasteiger partial charge in [-0.1, -0.05) is 0 Å². The second-order valence-electron chi connectivity index (χ2n) is 7.27. The van der Waals surface area contributed by atoms with Gasteiger partial charge in [-0.05, 0) is 53.4 Å². The SMILES string of the molecule is CC1CCC(CNCC2CCCN2C(=O)OC(C)(C)C)O1. The van der Waals surface area contributed by atoms with Crippen LogP contribution in [0.25, 0.3) is 0 Å². The number of amides is 1. The summed E-state index contributed by atoms with van der Waals surface area (Å²) in [5, 5.41) is 3.46. The van der Waals surface area contributed by atoms with Gasteiger partial charge >= 0.3 is 6.09 Å². The number of ether oxygens (including phenoxy) is 2. The molecule has 2 aliphatic rings. The Kier molecular flexibility index (Phi) is 5.49. The third-order valence-corrected chi connectivity index (χ3v) is 4.08. The highest BCUT2D eigenvalue weighted by Crippen LogP contribution is 2.21. The van der Waals surface area contributed by atoms with Gasteiger partial charge in [-0.25, -0.2) is 4.79 Å². The van der Waals surface area contributed by atoms with E-state index >= 15 is 0 Å². The van der Waals surface area contributed by atoms with Gasteiger partial charge in [0.1, 0.15) is 5.60 Å². The Morgan fingerprint density at radius 1 is 1.29 bits per heavy atom. The zero-order chi connectivity index (χ0) is 15.5. The van der Waals surface area contributed by atoms with Gasteiger partial charge in [0.15, 0.2) is 0 Å². The van der Waals surface area contributed by atoms with E-state index in [1.54, 1.807) is 0 Å². The molecule has 21 heavy (non-hydrogen) atoms. The first-order valence-electron chi connectivity index (χ1n) is 8.21. The van der Waals surface area contributed by atoms with Crippen molar-refractivity contribution >= 4 is 6.09 Å². The smallest absolute Gasteiger partial charge is 0.410 e. The average Bonchev–Trinajstić information content (AvgIpc) is 2.96. The lowest BCUT2D eigenvalue weighted by atomic mass is 10.2. The van der Waals surface area contributed by atoms with Crippen LogP contribution in [0.2, 0.25) is 0 Å². The molecule has 5 heteroatoms. The zero-order valence-electron chi connectivity index (χ0n) is 13.9. The van der Waals surface area contributed by atoms with Crippen LogP contribution in [0.1, 0.15) is 53.4 Å². The molecule has 122 valence electrons. The molecule has 0 aromatic heterocycles. The van der Waals surface area contributed by atoms with Crippen LogP contribution in [0.5, 0.6) is 0 Å². The first-order chi connectivity index (χ1) is 9.85. The fourth-order valence-corrected chi connectivity index (χ4v) is 3.06. The Morgan fingerprint density at radius 2 is 2.05 bits per heavy atom. The molecular weight excluding hydrogens is 268 g/mol. The van der Waals surface area contributed by atoms with Gasteiger partial charge in [0.05, 0.1) is 12.2 Å². The summed E-state index contributed by atoms with van der Waals surface area (Å²) in [4.78, 5) is 14.1. The Balaban J connectivity index is 1.73. The molecule has 0 saturated carbocycles. The van der Waals surface area contributed by atoms with E-state index in [0.717, 1.165) is 45.3 Å². The fraction of sp³-hybridized carbons (Fsp3) is 0.938. The number of nitrogens with one attached hydrogen (secondary N) is 1.